The Bertz CT molecular complexity index is 991. The number of allylic oxidation sites excluding steroid dienone is 4. The van der Waals surface area contributed by atoms with Gasteiger partial charge in [-0.15, -0.1) is 0 Å². The lowest BCUT2D eigenvalue weighted by atomic mass is 9.99. The Hall–Kier alpha value is -2.96. The molecule has 0 spiro atoms. The van der Waals surface area contributed by atoms with E-state index in [1.807, 2.05) is 18.2 Å². The summed E-state index contributed by atoms with van der Waals surface area (Å²) in [7, 11) is 9.42. The predicted molar refractivity (Wildman–Crippen MR) is 143 cm³/mol. The second-order valence-electron chi connectivity index (χ2n) is 8.05. The molecule has 2 aliphatic rings. The number of carbonyl (C=O) groups is 2. The van der Waals surface area contributed by atoms with Crippen LogP contribution in [-0.4, -0.2) is 80.4 Å². The van der Waals surface area contributed by atoms with Crippen molar-refractivity contribution in [1.29, 1.82) is 0 Å². The molecule has 2 amide bonds. The third-order valence-corrected chi connectivity index (χ3v) is 6.84. The Labute approximate surface area is 222 Å². The van der Waals surface area contributed by atoms with Crippen molar-refractivity contribution in [3.8, 4) is 0 Å². The minimum atomic E-state index is -0.924. The van der Waals surface area contributed by atoms with E-state index in [0.717, 1.165) is 12.8 Å². The van der Waals surface area contributed by atoms with Crippen LogP contribution in [0.4, 0.5) is 0 Å². The highest BCUT2D eigenvalue weighted by atomic mass is 32.1. The van der Waals surface area contributed by atoms with Crippen molar-refractivity contribution in [3.05, 3.63) is 47.2 Å². The van der Waals surface area contributed by atoms with Crippen molar-refractivity contribution in [3.63, 3.8) is 0 Å². The summed E-state index contributed by atoms with van der Waals surface area (Å²) in [5.41, 5.74) is 5.52. The van der Waals surface area contributed by atoms with Crippen LogP contribution < -0.4 is 10.9 Å². The van der Waals surface area contributed by atoms with Crippen LogP contribution in [0.5, 0.6) is 0 Å². The first-order valence-electron chi connectivity index (χ1n) is 11.3. The van der Waals surface area contributed by atoms with Gasteiger partial charge in [-0.05, 0) is 50.0 Å². The minimum absolute atomic E-state index is 0.00304. The van der Waals surface area contributed by atoms with Gasteiger partial charge in [0.15, 0.2) is 0 Å². The molecule has 0 aromatic carbocycles. The van der Waals surface area contributed by atoms with Crippen molar-refractivity contribution < 1.29 is 28.5 Å². The van der Waals surface area contributed by atoms with Crippen molar-refractivity contribution in [1.82, 2.24) is 20.9 Å². The zero-order chi connectivity index (χ0) is 26.8. The Morgan fingerprint density at radius 2 is 1.61 bits per heavy atom. The van der Waals surface area contributed by atoms with E-state index in [-0.39, 0.29) is 17.0 Å². The first-order chi connectivity index (χ1) is 17.2. The maximum atomic E-state index is 12.6. The molecule has 0 aliphatic heterocycles. The number of likely N-dealkylation sites (N-methyl/N-ethyl adjacent to an activating group) is 1. The van der Waals surface area contributed by atoms with E-state index in [1.54, 1.807) is 34.5 Å². The summed E-state index contributed by atoms with van der Waals surface area (Å²) in [5, 5.41) is 2.62. The number of nitrogens with zero attached hydrogens (tertiary/aromatic N) is 2. The lowest BCUT2D eigenvalue weighted by Crippen LogP contribution is -2.54. The number of hydrogen-bond donors (Lipinski definition) is 2. The zero-order valence-corrected chi connectivity index (χ0v) is 23.1. The van der Waals surface area contributed by atoms with Crippen LogP contribution in [0.2, 0.25) is 0 Å². The summed E-state index contributed by atoms with van der Waals surface area (Å²) < 4.78 is 21.8. The Kier molecular flexibility index (Phi) is 11.3. The number of nitrogens with one attached hydrogen (secondary N) is 2. The maximum Gasteiger partial charge on any atom is 0.329 e. The third-order valence-electron chi connectivity index (χ3n) is 5.78. The molecule has 0 aromatic rings. The molecular formula is C24H34N4O6S2. The lowest BCUT2D eigenvalue weighted by Gasteiger charge is -2.29. The van der Waals surface area contributed by atoms with Gasteiger partial charge in [0.2, 0.25) is 0 Å². The summed E-state index contributed by atoms with van der Waals surface area (Å²) in [6, 6.07) is 0. The van der Waals surface area contributed by atoms with Gasteiger partial charge in [-0.2, -0.15) is 0 Å². The second-order valence-corrected chi connectivity index (χ2v) is 8.86. The van der Waals surface area contributed by atoms with Crippen LogP contribution in [0.1, 0.15) is 25.7 Å². The number of carbonyl (C=O) groups excluding carboxylic acids is 2. The molecule has 2 aliphatic carbocycles. The number of hydrazine groups is 2. The Morgan fingerprint density at radius 3 is 2.19 bits per heavy atom. The number of amides is 2. The summed E-state index contributed by atoms with van der Waals surface area (Å²) in [4.78, 5) is 25.9. The molecule has 0 radical (unpaired) electrons. The molecule has 0 bridgehead atoms. The van der Waals surface area contributed by atoms with Gasteiger partial charge in [0.1, 0.15) is 27.3 Å². The molecule has 0 saturated carbocycles. The molecule has 2 rings (SSSR count). The van der Waals surface area contributed by atoms with Gasteiger partial charge in [0.25, 0.3) is 0 Å². The largest absolute Gasteiger partial charge is 0.501 e. The fourth-order valence-corrected chi connectivity index (χ4v) is 4.27. The highest BCUT2D eigenvalue weighted by Gasteiger charge is 2.30. The molecule has 12 heteroatoms. The van der Waals surface area contributed by atoms with E-state index in [4.69, 9.17) is 43.4 Å². The maximum absolute atomic E-state index is 12.6. The normalized spacial score (nSPS) is 19.6. The standard InChI is InChI=1S/C24H34N4O6S2/c1-27(23(35)17-13-15(31-3)9-7-11-19(17)33-5)25-21(29)22(30)26-28(2)24(36)18-14-16(32-4)10-8-12-20(18)34-6/h9,11-13,16,18H,7-8,10,14H2,1-6H3,(H,25,29)(H,26,30). The van der Waals surface area contributed by atoms with Gasteiger partial charge in [-0.3, -0.25) is 30.5 Å². The molecular weight excluding hydrogens is 504 g/mol. The monoisotopic (exact) mass is 538 g/mol. The molecule has 0 saturated heterocycles. The highest BCUT2D eigenvalue weighted by molar-refractivity contribution is 7.80. The van der Waals surface area contributed by atoms with Gasteiger partial charge < -0.3 is 18.9 Å². The number of hydrogen-bond acceptors (Lipinski definition) is 8. The third kappa shape index (κ3) is 7.52. The molecule has 0 heterocycles. The van der Waals surface area contributed by atoms with E-state index in [9.17, 15) is 9.59 Å². The molecule has 2 atom stereocenters. The quantitative estimate of drug-likeness (QED) is 0.298. The van der Waals surface area contributed by atoms with Crippen LogP contribution >= 0.6 is 24.4 Å². The van der Waals surface area contributed by atoms with Crippen LogP contribution in [-0.2, 0) is 28.5 Å². The van der Waals surface area contributed by atoms with Gasteiger partial charge in [0, 0.05) is 21.2 Å². The van der Waals surface area contributed by atoms with E-state index >= 15 is 0 Å². The number of rotatable bonds is 6. The fraction of sp³-hybridized carbons (Fsp3) is 0.500. The van der Waals surface area contributed by atoms with Gasteiger partial charge in [-0.1, -0.05) is 24.4 Å². The van der Waals surface area contributed by atoms with Crippen molar-refractivity contribution >= 4 is 46.2 Å². The van der Waals surface area contributed by atoms with Crippen LogP contribution in [0.25, 0.3) is 0 Å². The molecule has 0 fully saturated rings. The minimum Gasteiger partial charge on any atom is -0.501 e. The zero-order valence-electron chi connectivity index (χ0n) is 21.5. The number of thiocarbonyl (C=S) groups is 2. The van der Waals surface area contributed by atoms with Crippen LogP contribution in [0.3, 0.4) is 0 Å². The number of ether oxygens (including phenoxy) is 4. The molecule has 2 unspecified atom stereocenters. The Morgan fingerprint density at radius 1 is 0.944 bits per heavy atom. The highest BCUT2D eigenvalue weighted by Crippen LogP contribution is 2.28. The smallest absolute Gasteiger partial charge is 0.329 e. The van der Waals surface area contributed by atoms with E-state index in [1.165, 1.54) is 24.2 Å². The van der Waals surface area contributed by atoms with Crippen LogP contribution in [0, 0.1) is 5.92 Å². The Balaban J connectivity index is 2.04. The van der Waals surface area contributed by atoms with Gasteiger partial charge in [-0.25, -0.2) is 0 Å². The molecule has 2 N–H and O–H groups in total. The fourth-order valence-electron chi connectivity index (χ4n) is 3.81. The van der Waals surface area contributed by atoms with Crippen LogP contribution in [0.15, 0.2) is 47.2 Å². The molecule has 36 heavy (non-hydrogen) atoms. The van der Waals surface area contributed by atoms with Gasteiger partial charge in [0.05, 0.1) is 38.9 Å². The molecule has 0 aromatic heterocycles. The lowest BCUT2D eigenvalue weighted by molar-refractivity contribution is -0.142. The van der Waals surface area contributed by atoms with Crippen molar-refractivity contribution in [2.45, 2.75) is 31.8 Å². The summed E-state index contributed by atoms with van der Waals surface area (Å²) in [6.45, 7) is 0. The number of methoxy groups -OCH3 is 4. The van der Waals surface area contributed by atoms with E-state index in [2.05, 4.69) is 10.9 Å². The van der Waals surface area contributed by atoms with E-state index in [0.29, 0.717) is 40.7 Å². The second kappa shape index (κ2) is 14.0. The van der Waals surface area contributed by atoms with E-state index < -0.39 is 11.8 Å². The SMILES string of the molecule is COC1=CCC=C(OC)C(C(=S)N(C)NC(=O)C(=O)NN(C)C(=S)C2CC(OC)CCC=C2OC)=C1. The van der Waals surface area contributed by atoms with Crippen molar-refractivity contribution in [2.75, 3.05) is 42.5 Å². The summed E-state index contributed by atoms with van der Waals surface area (Å²) in [6.07, 6.45) is 10.2. The summed E-state index contributed by atoms with van der Waals surface area (Å²) >= 11 is 11.1. The average Bonchev–Trinajstić information content (AvgIpc) is 3.22. The summed E-state index contributed by atoms with van der Waals surface area (Å²) in [5.74, 6) is -0.291. The first-order valence-corrected chi connectivity index (χ1v) is 12.1. The topological polar surface area (TPSA) is 102 Å². The van der Waals surface area contributed by atoms with Gasteiger partial charge >= 0.3 is 11.8 Å². The molecule has 198 valence electrons. The molecule has 10 nitrogen and oxygen atoms in total. The first kappa shape index (κ1) is 29.3. The average molecular weight is 539 g/mol. The van der Waals surface area contributed by atoms with Crippen molar-refractivity contribution in [2.24, 2.45) is 5.92 Å². The predicted octanol–water partition coefficient (Wildman–Crippen LogP) is 2.30.